The van der Waals surface area contributed by atoms with Gasteiger partial charge in [0.25, 0.3) is 0 Å². The van der Waals surface area contributed by atoms with Crippen LogP contribution in [0.4, 0.5) is 0 Å². The zero-order valence-electron chi connectivity index (χ0n) is 22.2. The molecule has 5 heteroatoms. The lowest BCUT2D eigenvalue weighted by Crippen LogP contribution is -1.92. The zero-order valence-corrected chi connectivity index (χ0v) is 23.8. The Hall–Kier alpha value is -4.97. The second kappa shape index (κ2) is 8.29. The van der Waals surface area contributed by atoms with Crippen LogP contribution in [0.15, 0.2) is 126 Å². The van der Waals surface area contributed by atoms with Gasteiger partial charge in [-0.1, -0.05) is 90.2 Å². The maximum absolute atomic E-state index is 6.31. The van der Waals surface area contributed by atoms with E-state index in [1.54, 1.807) is 11.3 Å². The van der Waals surface area contributed by atoms with Crippen LogP contribution in [0.25, 0.3) is 90.4 Å². The first-order valence-electron chi connectivity index (χ1n) is 14.0. The van der Waals surface area contributed by atoms with E-state index in [-0.39, 0.29) is 0 Å². The van der Waals surface area contributed by atoms with Crippen LogP contribution in [0.5, 0.6) is 0 Å². The highest BCUT2D eigenvalue weighted by Crippen LogP contribution is 2.44. The molecule has 3 nitrogen and oxygen atoms in total. The van der Waals surface area contributed by atoms with Crippen LogP contribution in [-0.4, -0.2) is 9.55 Å². The number of rotatable bonds is 2. The highest BCUT2D eigenvalue weighted by atomic mass is 32.1. The van der Waals surface area contributed by atoms with E-state index in [9.17, 15) is 0 Å². The SMILES string of the molecule is c1ccc(-c2ccc3c(c2)sc2ccc4nc(-n5c6ccccc6c6cc7c(cc65)oc5ccccc57)sc4c23)cc1. The fraction of sp³-hybridized carbons (Fsp3) is 0. The Labute approximate surface area is 247 Å². The number of aromatic nitrogens is 2. The molecule has 0 fully saturated rings. The Kier molecular flexibility index (Phi) is 4.48. The van der Waals surface area contributed by atoms with Crippen molar-refractivity contribution in [3.05, 3.63) is 121 Å². The lowest BCUT2D eigenvalue weighted by atomic mass is 10.0. The molecule has 0 saturated carbocycles. The van der Waals surface area contributed by atoms with E-state index in [0.29, 0.717) is 0 Å². The van der Waals surface area contributed by atoms with Crippen molar-refractivity contribution in [2.45, 2.75) is 0 Å². The highest BCUT2D eigenvalue weighted by Gasteiger charge is 2.20. The molecule has 10 rings (SSSR count). The molecule has 0 radical (unpaired) electrons. The summed E-state index contributed by atoms with van der Waals surface area (Å²) >= 11 is 3.63. The molecule has 6 aromatic carbocycles. The Morgan fingerprint density at radius 3 is 2.29 bits per heavy atom. The molecule has 0 atom stereocenters. The summed E-state index contributed by atoms with van der Waals surface area (Å²) in [5, 5.41) is 8.29. The van der Waals surface area contributed by atoms with Crippen LogP contribution in [0, 0.1) is 0 Å². The van der Waals surface area contributed by atoms with Crippen LogP contribution in [0.1, 0.15) is 0 Å². The van der Waals surface area contributed by atoms with Crippen LogP contribution >= 0.6 is 22.7 Å². The van der Waals surface area contributed by atoms with Gasteiger partial charge in [0.2, 0.25) is 0 Å². The normalized spacial score (nSPS) is 12.3. The van der Waals surface area contributed by atoms with Crippen molar-refractivity contribution in [1.82, 2.24) is 9.55 Å². The number of hydrogen-bond acceptors (Lipinski definition) is 4. The molecule has 4 aromatic heterocycles. The van der Waals surface area contributed by atoms with Gasteiger partial charge in [-0.3, -0.25) is 4.57 Å². The van der Waals surface area contributed by atoms with Crippen LogP contribution in [0.3, 0.4) is 0 Å². The Bertz CT molecular complexity index is 2690. The lowest BCUT2D eigenvalue weighted by Gasteiger charge is -2.02. The Morgan fingerprint density at radius 2 is 1.36 bits per heavy atom. The smallest absolute Gasteiger partial charge is 0.195 e. The third kappa shape index (κ3) is 3.07. The summed E-state index contributed by atoms with van der Waals surface area (Å²) < 4.78 is 12.5. The number of thiazole rings is 1. The first-order chi connectivity index (χ1) is 20.8. The number of nitrogens with zero attached hydrogens (tertiary/aromatic N) is 2. The van der Waals surface area contributed by atoms with Crippen molar-refractivity contribution in [1.29, 1.82) is 0 Å². The standard InChI is InChI=1S/C37H20N2OS2/c1-2-8-21(9-3-1)22-14-15-25-34(18-22)41-33-17-16-28-36(35(25)33)42-37(38-28)39-29-12-6-4-10-23(29)26-19-27-24-11-5-7-13-31(24)40-32(27)20-30(26)39/h1-20H. The zero-order chi connectivity index (χ0) is 27.4. The lowest BCUT2D eigenvalue weighted by molar-refractivity contribution is 0.669. The van der Waals surface area contributed by atoms with Gasteiger partial charge in [0.15, 0.2) is 5.13 Å². The van der Waals surface area contributed by atoms with E-state index < -0.39 is 0 Å². The number of furan rings is 1. The monoisotopic (exact) mass is 572 g/mol. The van der Waals surface area contributed by atoms with Crippen LogP contribution in [0.2, 0.25) is 0 Å². The molecule has 0 aliphatic carbocycles. The number of benzene rings is 6. The van der Waals surface area contributed by atoms with E-state index in [1.807, 2.05) is 23.5 Å². The van der Waals surface area contributed by atoms with Gasteiger partial charge >= 0.3 is 0 Å². The van der Waals surface area contributed by atoms with Crippen molar-refractivity contribution in [2.24, 2.45) is 0 Å². The average molecular weight is 573 g/mol. The maximum Gasteiger partial charge on any atom is 0.195 e. The number of thiophene rings is 1. The van der Waals surface area contributed by atoms with E-state index >= 15 is 0 Å². The third-order valence-corrected chi connectivity index (χ3v) is 10.6. The third-order valence-electron chi connectivity index (χ3n) is 8.45. The van der Waals surface area contributed by atoms with Gasteiger partial charge in [-0.2, -0.15) is 0 Å². The second-order valence-corrected chi connectivity index (χ2v) is 12.8. The summed E-state index contributed by atoms with van der Waals surface area (Å²) in [5.74, 6) is 0. The quantitative estimate of drug-likeness (QED) is 0.206. The summed E-state index contributed by atoms with van der Waals surface area (Å²) in [5.41, 5.74) is 7.60. The molecule has 0 aliphatic heterocycles. The van der Waals surface area contributed by atoms with E-state index in [2.05, 4.69) is 114 Å². The molecule has 196 valence electrons. The number of para-hydroxylation sites is 2. The van der Waals surface area contributed by atoms with Crippen LogP contribution < -0.4 is 0 Å². The van der Waals surface area contributed by atoms with Gasteiger partial charge in [-0.05, 0) is 47.5 Å². The molecular weight excluding hydrogens is 553 g/mol. The van der Waals surface area contributed by atoms with Gasteiger partial charge in [-0.15, -0.1) is 11.3 Å². The van der Waals surface area contributed by atoms with Crippen molar-refractivity contribution in [2.75, 3.05) is 0 Å². The first-order valence-corrected chi connectivity index (χ1v) is 15.6. The molecule has 42 heavy (non-hydrogen) atoms. The number of fused-ring (bicyclic) bond motifs is 11. The summed E-state index contributed by atoms with van der Waals surface area (Å²) in [6, 6.07) is 43.3. The molecule has 0 spiro atoms. The second-order valence-electron chi connectivity index (χ2n) is 10.8. The maximum atomic E-state index is 6.31. The van der Waals surface area contributed by atoms with E-state index in [0.717, 1.165) is 43.6 Å². The summed E-state index contributed by atoms with van der Waals surface area (Å²) in [6.07, 6.45) is 0. The summed E-state index contributed by atoms with van der Waals surface area (Å²) in [7, 11) is 0. The van der Waals surface area contributed by atoms with Gasteiger partial charge in [0.1, 0.15) is 11.2 Å². The predicted molar refractivity (Wildman–Crippen MR) is 180 cm³/mol. The molecule has 4 heterocycles. The topological polar surface area (TPSA) is 31.0 Å². The molecule has 0 amide bonds. The fourth-order valence-electron chi connectivity index (χ4n) is 6.53. The predicted octanol–water partition coefficient (Wildman–Crippen LogP) is 11.3. The molecule has 0 unspecified atom stereocenters. The van der Waals surface area contributed by atoms with Crippen LogP contribution in [-0.2, 0) is 0 Å². The minimum Gasteiger partial charge on any atom is -0.456 e. The van der Waals surface area contributed by atoms with Crippen molar-refractivity contribution in [3.63, 3.8) is 0 Å². The molecule has 0 saturated heterocycles. The van der Waals surface area contributed by atoms with Gasteiger partial charge in [-0.25, -0.2) is 4.98 Å². The first kappa shape index (κ1) is 22.7. The molecule has 10 aromatic rings. The molecule has 0 aliphatic rings. The summed E-state index contributed by atoms with van der Waals surface area (Å²) in [6.45, 7) is 0. The van der Waals surface area contributed by atoms with Crippen molar-refractivity contribution >= 4 is 96.8 Å². The largest absolute Gasteiger partial charge is 0.456 e. The Balaban J connectivity index is 1.24. The number of hydrogen-bond donors (Lipinski definition) is 0. The van der Waals surface area contributed by atoms with Crippen molar-refractivity contribution in [3.8, 4) is 16.3 Å². The summed E-state index contributed by atoms with van der Waals surface area (Å²) in [4.78, 5) is 5.24. The minimum absolute atomic E-state index is 0.898. The van der Waals surface area contributed by atoms with Gasteiger partial charge in [0.05, 0.1) is 21.3 Å². The van der Waals surface area contributed by atoms with E-state index in [1.165, 1.54) is 46.8 Å². The minimum atomic E-state index is 0.898. The Morgan fingerprint density at radius 1 is 0.524 bits per heavy atom. The van der Waals surface area contributed by atoms with Crippen molar-refractivity contribution < 1.29 is 4.42 Å². The van der Waals surface area contributed by atoms with E-state index in [4.69, 9.17) is 9.40 Å². The molecule has 0 N–H and O–H groups in total. The van der Waals surface area contributed by atoms with Gasteiger partial charge < -0.3 is 4.42 Å². The average Bonchev–Trinajstić information content (AvgIpc) is 3.79. The fourth-order valence-corrected chi connectivity index (χ4v) is 8.91. The molecular formula is C37H20N2OS2. The highest BCUT2D eigenvalue weighted by molar-refractivity contribution is 7.28. The molecule has 0 bridgehead atoms. The van der Waals surface area contributed by atoms with Gasteiger partial charge in [0, 0.05) is 47.8 Å².